The highest BCUT2D eigenvalue weighted by Gasteiger charge is 2.28. The Morgan fingerprint density at radius 3 is 2.53 bits per heavy atom. The summed E-state index contributed by atoms with van der Waals surface area (Å²) in [5.74, 6) is 0.522. The molecule has 1 aliphatic heterocycles. The van der Waals surface area contributed by atoms with Gasteiger partial charge >= 0.3 is 0 Å². The van der Waals surface area contributed by atoms with E-state index in [4.69, 9.17) is 9.47 Å². The molecule has 8 nitrogen and oxygen atoms in total. The van der Waals surface area contributed by atoms with Crippen molar-refractivity contribution in [2.75, 3.05) is 38.0 Å². The highest BCUT2D eigenvalue weighted by atomic mass is 79.9. The average molecular weight is 553 g/mol. The van der Waals surface area contributed by atoms with Gasteiger partial charge in [-0.2, -0.15) is 0 Å². The number of carbonyl (C=O) groups is 2. The van der Waals surface area contributed by atoms with Crippen molar-refractivity contribution in [3.05, 3.63) is 45.9 Å². The summed E-state index contributed by atoms with van der Waals surface area (Å²) in [5.41, 5.74) is 2.52. The fourth-order valence-corrected chi connectivity index (χ4v) is 6.34. The number of anilines is 1. The van der Waals surface area contributed by atoms with Gasteiger partial charge in [0.05, 0.1) is 24.9 Å². The quantitative estimate of drug-likeness (QED) is 0.485. The van der Waals surface area contributed by atoms with Crippen LogP contribution in [-0.4, -0.2) is 53.3 Å². The minimum atomic E-state index is -3.73. The lowest BCUT2D eigenvalue weighted by atomic mass is 10.1. The number of ether oxygens (including phenoxy) is 2. The summed E-state index contributed by atoms with van der Waals surface area (Å²) in [6, 6.07) is 8.83. The third-order valence-electron chi connectivity index (χ3n) is 5.75. The molecular weight excluding hydrogens is 524 g/mol. The SMILES string of the molecule is CCC(=O)N1CCc2cc(Br)c(S(=O)(=O)CCC(=O)NCCc3ccc(OC)c(OC)c3)cc21. The van der Waals surface area contributed by atoms with Crippen LogP contribution in [0.4, 0.5) is 5.69 Å². The van der Waals surface area contributed by atoms with Gasteiger partial charge in [0.2, 0.25) is 11.8 Å². The van der Waals surface area contributed by atoms with Gasteiger partial charge in [0.1, 0.15) is 0 Å². The second-order valence-electron chi connectivity index (χ2n) is 7.92. The van der Waals surface area contributed by atoms with E-state index in [-0.39, 0.29) is 28.9 Å². The van der Waals surface area contributed by atoms with Crippen molar-refractivity contribution in [1.29, 1.82) is 0 Å². The average Bonchev–Trinajstić information content (AvgIpc) is 3.24. The highest BCUT2D eigenvalue weighted by molar-refractivity contribution is 9.10. The molecule has 0 unspecified atom stereocenters. The van der Waals surface area contributed by atoms with Gasteiger partial charge in [-0.3, -0.25) is 9.59 Å². The standard InChI is InChI=1S/C24H29BrN2O6S/c1-4-24(29)27-11-8-17-14-18(25)22(15-19(17)27)34(30,31)12-9-23(28)26-10-7-16-5-6-20(32-2)21(13-16)33-3/h5-6,13-15H,4,7-12H2,1-3H3,(H,26,28). The molecule has 2 aromatic rings. The molecule has 0 saturated heterocycles. The number of benzene rings is 2. The van der Waals surface area contributed by atoms with Gasteiger partial charge in [-0.15, -0.1) is 0 Å². The second-order valence-corrected chi connectivity index (χ2v) is 10.9. The maximum atomic E-state index is 13.0. The summed E-state index contributed by atoms with van der Waals surface area (Å²) in [6.45, 7) is 2.69. The van der Waals surface area contributed by atoms with Crippen molar-refractivity contribution >= 4 is 43.3 Å². The van der Waals surface area contributed by atoms with Gasteiger partial charge in [-0.1, -0.05) is 13.0 Å². The maximum Gasteiger partial charge on any atom is 0.226 e. The monoisotopic (exact) mass is 552 g/mol. The van der Waals surface area contributed by atoms with E-state index in [1.807, 2.05) is 12.1 Å². The van der Waals surface area contributed by atoms with Gasteiger partial charge in [0, 0.05) is 36.1 Å². The van der Waals surface area contributed by atoms with Crippen LogP contribution < -0.4 is 19.7 Å². The molecule has 0 atom stereocenters. The van der Waals surface area contributed by atoms with Crippen molar-refractivity contribution in [1.82, 2.24) is 5.32 Å². The minimum absolute atomic E-state index is 0.0433. The molecule has 2 amide bonds. The van der Waals surface area contributed by atoms with Gasteiger partial charge in [-0.25, -0.2) is 8.42 Å². The lowest BCUT2D eigenvalue weighted by Crippen LogP contribution is -2.28. The van der Waals surface area contributed by atoms with Crippen LogP contribution in [-0.2, 0) is 32.3 Å². The first kappa shape index (κ1) is 26.0. The van der Waals surface area contributed by atoms with E-state index in [1.54, 1.807) is 44.2 Å². The van der Waals surface area contributed by atoms with Crippen LogP contribution in [0.3, 0.4) is 0 Å². The Labute approximate surface area is 208 Å². The molecule has 10 heteroatoms. The van der Waals surface area contributed by atoms with Crippen molar-refractivity contribution in [2.45, 2.75) is 37.5 Å². The molecule has 1 N–H and O–H groups in total. The number of nitrogens with one attached hydrogen (secondary N) is 1. The van der Waals surface area contributed by atoms with E-state index in [9.17, 15) is 18.0 Å². The summed E-state index contributed by atoms with van der Waals surface area (Å²) in [7, 11) is -0.612. The number of amides is 2. The van der Waals surface area contributed by atoms with Crippen LogP contribution in [0.25, 0.3) is 0 Å². The lowest BCUT2D eigenvalue weighted by Gasteiger charge is -2.18. The first-order valence-electron chi connectivity index (χ1n) is 11.0. The summed E-state index contributed by atoms with van der Waals surface area (Å²) in [5, 5.41) is 2.77. The minimum Gasteiger partial charge on any atom is -0.493 e. The predicted octanol–water partition coefficient (Wildman–Crippen LogP) is 3.29. The molecule has 1 heterocycles. The number of rotatable bonds is 10. The van der Waals surface area contributed by atoms with Crippen LogP contribution in [0.5, 0.6) is 11.5 Å². The number of nitrogens with zero attached hydrogens (tertiary/aromatic N) is 1. The fourth-order valence-electron chi connectivity index (χ4n) is 3.88. The molecule has 0 aromatic heterocycles. The maximum absolute atomic E-state index is 13.0. The van der Waals surface area contributed by atoms with E-state index in [1.165, 1.54) is 0 Å². The Bertz CT molecular complexity index is 1180. The van der Waals surface area contributed by atoms with Crippen LogP contribution in [0.1, 0.15) is 30.9 Å². The van der Waals surface area contributed by atoms with Gasteiger partial charge in [-0.05, 0) is 64.2 Å². The zero-order chi connectivity index (χ0) is 24.9. The number of methoxy groups -OCH3 is 2. The third-order valence-corrected chi connectivity index (χ3v) is 8.42. The third kappa shape index (κ3) is 5.90. The van der Waals surface area contributed by atoms with E-state index in [0.717, 1.165) is 11.1 Å². The summed E-state index contributed by atoms with van der Waals surface area (Å²) in [6.07, 6.45) is 1.44. The Kier molecular flexibility index (Phi) is 8.59. The number of fused-ring (bicyclic) bond motifs is 1. The molecule has 0 saturated carbocycles. The molecule has 184 valence electrons. The molecule has 0 bridgehead atoms. The number of carbonyl (C=O) groups excluding carboxylic acids is 2. The first-order valence-corrected chi connectivity index (χ1v) is 13.5. The van der Waals surface area contributed by atoms with E-state index in [0.29, 0.717) is 54.0 Å². The molecule has 2 aromatic carbocycles. The summed E-state index contributed by atoms with van der Waals surface area (Å²) < 4.78 is 36.9. The molecule has 0 spiro atoms. The zero-order valence-corrected chi connectivity index (χ0v) is 21.9. The van der Waals surface area contributed by atoms with Crippen LogP contribution in [0.15, 0.2) is 39.7 Å². The topological polar surface area (TPSA) is 102 Å². The molecule has 0 aliphatic carbocycles. The molecule has 0 fully saturated rings. The Morgan fingerprint density at radius 1 is 1.12 bits per heavy atom. The Morgan fingerprint density at radius 2 is 1.85 bits per heavy atom. The number of hydrogen-bond donors (Lipinski definition) is 1. The normalized spacial score (nSPS) is 12.9. The smallest absolute Gasteiger partial charge is 0.226 e. The molecular formula is C24H29BrN2O6S. The lowest BCUT2D eigenvalue weighted by molar-refractivity contribution is -0.120. The van der Waals surface area contributed by atoms with Crippen LogP contribution >= 0.6 is 15.9 Å². The molecule has 1 aliphatic rings. The Balaban J connectivity index is 1.59. The molecule has 34 heavy (non-hydrogen) atoms. The number of halogens is 1. The van der Waals surface area contributed by atoms with Crippen molar-refractivity contribution in [3.8, 4) is 11.5 Å². The van der Waals surface area contributed by atoms with Gasteiger partial charge < -0.3 is 19.7 Å². The zero-order valence-electron chi connectivity index (χ0n) is 19.5. The highest BCUT2D eigenvalue weighted by Crippen LogP contribution is 2.36. The first-order chi connectivity index (χ1) is 16.2. The number of hydrogen-bond acceptors (Lipinski definition) is 6. The Hall–Kier alpha value is -2.59. The molecule has 0 radical (unpaired) electrons. The van der Waals surface area contributed by atoms with Gasteiger partial charge in [0.25, 0.3) is 0 Å². The second kappa shape index (κ2) is 11.2. The van der Waals surface area contributed by atoms with E-state index in [2.05, 4.69) is 21.2 Å². The van der Waals surface area contributed by atoms with Gasteiger partial charge in [0.15, 0.2) is 21.3 Å². The fraction of sp³-hybridized carbons (Fsp3) is 0.417. The van der Waals surface area contributed by atoms with E-state index < -0.39 is 9.84 Å². The van der Waals surface area contributed by atoms with Crippen molar-refractivity contribution in [2.24, 2.45) is 0 Å². The van der Waals surface area contributed by atoms with Crippen molar-refractivity contribution in [3.63, 3.8) is 0 Å². The number of sulfone groups is 1. The molecule has 3 rings (SSSR count). The predicted molar refractivity (Wildman–Crippen MR) is 133 cm³/mol. The van der Waals surface area contributed by atoms with Crippen molar-refractivity contribution < 1.29 is 27.5 Å². The van der Waals surface area contributed by atoms with Crippen LogP contribution in [0.2, 0.25) is 0 Å². The van der Waals surface area contributed by atoms with E-state index >= 15 is 0 Å². The summed E-state index contributed by atoms with van der Waals surface area (Å²) in [4.78, 5) is 26.2. The van der Waals surface area contributed by atoms with Crippen LogP contribution in [0, 0.1) is 0 Å². The largest absolute Gasteiger partial charge is 0.493 e. The summed E-state index contributed by atoms with van der Waals surface area (Å²) >= 11 is 3.35.